The molecule has 0 bridgehead atoms. The highest BCUT2D eigenvalue weighted by molar-refractivity contribution is 5.34. The Morgan fingerprint density at radius 1 is 1.15 bits per heavy atom. The number of hydrogen-bond acceptors (Lipinski definition) is 5. The molecular weight excluding hydrogens is 254 g/mol. The zero-order chi connectivity index (χ0) is 14.6. The molecule has 1 saturated carbocycles. The lowest BCUT2D eigenvalue weighted by molar-refractivity contribution is 0.205. The molecule has 1 N–H and O–H groups in total. The minimum Gasteiger partial charge on any atom is -0.481 e. The first-order valence-electron chi connectivity index (χ1n) is 7.21. The zero-order valence-electron chi connectivity index (χ0n) is 12.9. The molecule has 1 fully saturated rings. The molecule has 0 saturated heterocycles. The lowest BCUT2D eigenvalue weighted by Crippen LogP contribution is -2.35. The predicted octanol–water partition coefficient (Wildman–Crippen LogP) is 2.55. The molecule has 0 unspecified atom stereocenters. The number of ether oxygens (including phenoxy) is 2. The van der Waals surface area contributed by atoms with E-state index in [1.54, 1.807) is 14.2 Å². The summed E-state index contributed by atoms with van der Waals surface area (Å²) in [6.07, 6.45) is 6.43. The van der Waals surface area contributed by atoms with Gasteiger partial charge in [-0.1, -0.05) is 13.8 Å². The fraction of sp³-hybridized carbons (Fsp3) is 0.733. The van der Waals surface area contributed by atoms with E-state index in [1.807, 2.05) is 0 Å². The largest absolute Gasteiger partial charge is 0.481 e. The summed E-state index contributed by atoms with van der Waals surface area (Å²) in [5.41, 5.74) is 1.38. The van der Waals surface area contributed by atoms with Gasteiger partial charge in [0.2, 0.25) is 11.8 Å². The summed E-state index contributed by atoms with van der Waals surface area (Å²) in [5.74, 6) is 1.17. The first-order chi connectivity index (χ1) is 9.55. The summed E-state index contributed by atoms with van der Waals surface area (Å²) < 4.78 is 10.6. The number of nitrogens with one attached hydrogen (secondary N) is 1. The van der Waals surface area contributed by atoms with Crippen LogP contribution in [0.4, 0.5) is 0 Å². The molecule has 0 aliphatic heterocycles. The van der Waals surface area contributed by atoms with Gasteiger partial charge in [0.1, 0.15) is 6.33 Å². The van der Waals surface area contributed by atoms with E-state index in [0.29, 0.717) is 29.8 Å². The fourth-order valence-corrected chi connectivity index (χ4v) is 2.73. The van der Waals surface area contributed by atoms with E-state index >= 15 is 0 Å². The minimum absolute atomic E-state index is 0.490. The van der Waals surface area contributed by atoms with Crippen LogP contribution < -0.4 is 14.8 Å². The highest BCUT2D eigenvalue weighted by Crippen LogP contribution is 2.35. The Balaban J connectivity index is 1.97. The van der Waals surface area contributed by atoms with Crippen molar-refractivity contribution in [2.75, 3.05) is 14.2 Å². The first kappa shape index (κ1) is 15.0. The van der Waals surface area contributed by atoms with Crippen LogP contribution >= 0.6 is 0 Å². The predicted molar refractivity (Wildman–Crippen MR) is 78.0 cm³/mol. The number of hydrogen-bond donors (Lipinski definition) is 1. The van der Waals surface area contributed by atoms with Crippen LogP contribution in [0.15, 0.2) is 6.33 Å². The van der Waals surface area contributed by atoms with Gasteiger partial charge in [-0.15, -0.1) is 0 Å². The van der Waals surface area contributed by atoms with Gasteiger partial charge in [-0.05, 0) is 31.1 Å². The second-order valence-corrected chi connectivity index (χ2v) is 6.19. The van der Waals surface area contributed by atoms with Crippen molar-refractivity contribution in [1.82, 2.24) is 15.3 Å². The molecule has 5 nitrogen and oxygen atoms in total. The van der Waals surface area contributed by atoms with Crippen molar-refractivity contribution in [2.45, 2.75) is 52.1 Å². The second-order valence-electron chi connectivity index (χ2n) is 6.19. The Bertz CT molecular complexity index is 416. The summed E-state index contributed by atoms with van der Waals surface area (Å²) in [6, 6.07) is 0.553. The summed E-state index contributed by atoms with van der Waals surface area (Å²) in [6.45, 7) is 5.37. The molecule has 2 rings (SSSR count). The average molecular weight is 279 g/mol. The molecule has 0 spiro atoms. The summed E-state index contributed by atoms with van der Waals surface area (Å²) in [5, 5.41) is 3.59. The lowest BCUT2D eigenvalue weighted by Gasteiger charge is -2.34. The molecule has 1 aromatic heterocycles. The van der Waals surface area contributed by atoms with Crippen LogP contribution in [0.5, 0.6) is 11.8 Å². The SMILES string of the molecule is COc1ncnc(OC)c1CNC1CCC(C)(C)CC1. The third-order valence-corrected chi connectivity index (χ3v) is 4.16. The fourth-order valence-electron chi connectivity index (χ4n) is 2.73. The van der Waals surface area contributed by atoms with E-state index < -0.39 is 0 Å². The minimum atomic E-state index is 0.490. The van der Waals surface area contributed by atoms with Gasteiger partial charge in [0, 0.05) is 12.6 Å². The van der Waals surface area contributed by atoms with Crippen LogP contribution in [-0.4, -0.2) is 30.2 Å². The van der Waals surface area contributed by atoms with Crippen LogP contribution in [0.2, 0.25) is 0 Å². The standard InChI is InChI=1S/C15H25N3O2/c1-15(2)7-5-11(6-8-15)16-9-12-13(19-3)17-10-18-14(12)20-4/h10-11,16H,5-9H2,1-4H3. The first-order valence-corrected chi connectivity index (χ1v) is 7.21. The highest BCUT2D eigenvalue weighted by atomic mass is 16.5. The quantitative estimate of drug-likeness (QED) is 0.897. The van der Waals surface area contributed by atoms with E-state index in [-0.39, 0.29) is 0 Å². The monoisotopic (exact) mass is 279 g/mol. The molecule has 5 heteroatoms. The summed E-state index contributed by atoms with van der Waals surface area (Å²) >= 11 is 0. The van der Waals surface area contributed by atoms with Gasteiger partial charge in [0.05, 0.1) is 19.8 Å². The molecule has 1 heterocycles. The van der Waals surface area contributed by atoms with Crippen molar-refractivity contribution >= 4 is 0 Å². The maximum Gasteiger partial charge on any atom is 0.224 e. The number of aromatic nitrogens is 2. The Morgan fingerprint density at radius 2 is 1.70 bits per heavy atom. The van der Waals surface area contributed by atoms with E-state index in [2.05, 4.69) is 29.1 Å². The van der Waals surface area contributed by atoms with Crippen molar-refractivity contribution < 1.29 is 9.47 Å². The van der Waals surface area contributed by atoms with Crippen LogP contribution in [0, 0.1) is 5.41 Å². The van der Waals surface area contributed by atoms with Crippen molar-refractivity contribution in [1.29, 1.82) is 0 Å². The molecule has 1 aromatic rings. The summed E-state index contributed by atoms with van der Waals surface area (Å²) in [4.78, 5) is 8.28. The summed E-state index contributed by atoms with van der Waals surface area (Å²) in [7, 11) is 3.24. The number of methoxy groups -OCH3 is 2. The zero-order valence-corrected chi connectivity index (χ0v) is 12.9. The van der Waals surface area contributed by atoms with Gasteiger partial charge in [0.15, 0.2) is 0 Å². The molecule has 0 aromatic carbocycles. The van der Waals surface area contributed by atoms with E-state index in [9.17, 15) is 0 Å². The van der Waals surface area contributed by atoms with E-state index in [0.717, 1.165) is 5.56 Å². The molecule has 1 aliphatic carbocycles. The van der Waals surface area contributed by atoms with Gasteiger partial charge in [0.25, 0.3) is 0 Å². The van der Waals surface area contributed by atoms with Gasteiger partial charge in [-0.2, -0.15) is 0 Å². The third kappa shape index (κ3) is 3.60. The molecule has 112 valence electrons. The van der Waals surface area contributed by atoms with Gasteiger partial charge in [-0.25, -0.2) is 9.97 Å². The molecular formula is C15H25N3O2. The normalized spacial score (nSPS) is 18.8. The molecule has 1 aliphatic rings. The van der Waals surface area contributed by atoms with Gasteiger partial charge < -0.3 is 14.8 Å². The average Bonchev–Trinajstić information content (AvgIpc) is 2.45. The van der Waals surface area contributed by atoms with Gasteiger partial charge >= 0.3 is 0 Å². The molecule has 0 amide bonds. The van der Waals surface area contributed by atoms with Crippen molar-refractivity contribution in [3.05, 3.63) is 11.9 Å². The van der Waals surface area contributed by atoms with E-state index in [4.69, 9.17) is 9.47 Å². The van der Waals surface area contributed by atoms with E-state index in [1.165, 1.54) is 32.0 Å². The van der Waals surface area contributed by atoms with Gasteiger partial charge in [-0.3, -0.25) is 0 Å². The Morgan fingerprint density at radius 3 is 2.20 bits per heavy atom. The van der Waals surface area contributed by atoms with Crippen LogP contribution in [0.3, 0.4) is 0 Å². The second kappa shape index (κ2) is 6.39. The van der Waals surface area contributed by atoms with Crippen molar-refractivity contribution in [3.8, 4) is 11.8 Å². The topological polar surface area (TPSA) is 56.3 Å². The Hall–Kier alpha value is -1.36. The molecule has 0 atom stereocenters. The van der Waals surface area contributed by atoms with Crippen LogP contribution in [-0.2, 0) is 6.54 Å². The van der Waals surface area contributed by atoms with Crippen molar-refractivity contribution in [3.63, 3.8) is 0 Å². The van der Waals surface area contributed by atoms with Crippen LogP contribution in [0.25, 0.3) is 0 Å². The lowest BCUT2D eigenvalue weighted by atomic mass is 9.75. The third-order valence-electron chi connectivity index (χ3n) is 4.16. The maximum absolute atomic E-state index is 5.29. The number of rotatable bonds is 5. The molecule has 20 heavy (non-hydrogen) atoms. The Labute approximate surface area is 121 Å². The Kier molecular flexibility index (Phi) is 4.81. The smallest absolute Gasteiger partial charge is 0.224 e. The number of nitrogens with zero attached hydrogens (tertiary/aromatic N) is 2. The molecule has 0 radical (unpaired) electrons. The van der Waals surface area contributed by atoms with Crippen molar-refractivity contribution in [2.24, 2.45) is 5.41 Å². The highest BCUT2D eigenvalue weighted by Gasteiger charge is 2.26. The van der Waals surface area contributed by atoms with Crippen LogP contribution in [0.1, 0.15) is 45.1 Å². The maximum atomic E-state index is 5.29.